The van der Waals surface area contributed by atoms with E-state index in [4.69, 9.17) is 22.3 Å². The van der Waals surface area contributed by atoms with E-state index in [0.717, 1.165) is 28.7 Å². The Morgan fingerprint density at radius 3 is 2.79 bits per heavy atom. The molecule has 8 nitrogen and oxygen atoms in total. The van der Waals surface area contributed by atoms with Gasteiger partial charge in [0.15, 0.2) is 0 Å². The Hall–Kier alpha value is -3.62. The summed E-state index contributed by atoms with van der Waals surface area (Å²) in [7, 11) is 2.01. The highest BCUT2D eigenvalue weighted by atomic mass is 35.5. The molecule has 2 aromatic heterocycles. The SMILES string of the molecule is CN1C[C@H](Nc2ncc(Cl)c(-c3c[nH]c4ccccc34)n2)C[C@@H](C(=O)Nc2ccc(N)cc2)C1. The Bertz CT molecular complexity index is 1320. The number of nitrogen functional groups attached to an aromatic ring is 1. The molecular formula is C25H26ClN7O. The lowest BCUT2D eigenvalue weighted by Gasteiger charge is -2.35. The first kappa shape index (κ1) is 22.2. The van der Waals surface area contributed by atoms with E-state index in [9.17, 15) is 4.79 Å². The number of anilines is 3. The Labute approximate surface area is 202 Å². The minimum absolute atomic E-state index is 0.0120. The van der Waals surface area contributed by atoms with Gasteiger partial charge in [-0.2, -0.15) is 0 Å². The number of aromatic nitrogens is 3. The molecule has 1 amide bonds. The fraction of sp³-hybridized carbons (Fsp3) is 0.240. The van der Waals surface area contributed by atoms with Gasteiger partial charge >= 0.3 is 0 Å². The summed E-state index contributed by atoms with van der Waals surface area (Å²) in [5.41, 5.74) is 9.75. The molecule has 34 heavy (non-hydrogen) atoms. The molecule has 0 radical (unpaired) electrons. The Balaban J connectivity index is 1.32. The quantitative estimate of drug-likeness (QED) is 0.321. The molecule has 5 N–H and O–H groups in total. The fourth-order valence-electron chi connectivity index (χ4n) is 4.50. The lowest BCUT2D eigenvalue weighted by atomic mass is 9.93. The van der Waals surface area contributed by atoms with Crippen molar-refractivity contribution < 1.29 is 4.79 Å². The molecule has 174 valence electrons. The number of piperidine rings is 1. The number of aromatic amines is 1. The predicted octanol–water partition coefficient (Wildman–Crippen LogP) is 4.23. The number of hydrogen-bond acceptors (Lipinski definition) is 6. The lowest BCUT2D eigenvalue weighted by Crippen LogP contribution is -2.48. The highest BCUT2D eigenvalue weighted by Crippen LogP contribution is 2.32. The van der Waals surface area contributed by atoms with Crippen LogP contribution in [0.2, 0.25) is 5.02 Å². The molecular weight excluding hydrogens is 450 g/mol. The van der Waals surface area contributed by atoms with Gasteiger partial charge in [-0.1, -0.05) is 29.8 Å². The molecule has 3 heterocycles. The summed E-state index contributed by atoms with van der Waals surface area (Å²) in [4.78, 5) is 27.5. The smallest absolute Gasteiger partial charge is 0.228 e. The van der Waals surface area contributed by atoms with Gasteiger partial charge in [0, 0.05) is 53.2 Å². The van der Waals surface area contributed by atoms with Gasteiger partial charge in [-0.25, -0.2) is 9.97 Å². The summed E-state index contributed by atoms with van der Waals surface area (Å²) >= 11 is 6.47. The van der Waals surface area contributed by atoms with Crippen molar-refractivity contribution >= 4 is 45.7 Å². The number of nitrogens with zero attached hydrogens (tertiary/aromatic N) is 3. The molecule has 0 aliphatic carbocycles. The topological polar surface area (TPSA) is 112 Å². The summed E-state index contributed by atoms with van der Waals surface area (Å²) in [6.07, 6.45) is 4.19. The molecule has 1 aliphatic rings. The first-order valence-electron chi connectivity index (χ1n) is 11.2. The van der Waals surface area contributed by atoms with Gasteiger partial charge in [0.1, 0.15) is 0 Å². The summed E-state index contributed by atoms with van der Waals surface area (Å²) in [6.45, 7) is 1.46. The summed E-state index contributed by atoms with van der Waals surface area (Å²) in [5.74, 6) is 0.302. The highest BCUT2D eigenvalue weighted by Gasteiger charge is 2.30. The number of benzene rings is 2. The number of amides is 1. The van der Waals surface area contributed by atoms with E-state index in [0.29, 0.717) is 35.3 Å². The second-order valence-corrected chi connectivity index (χ2v) is 9.15. The number of likely N-dealkylation sites (tertiary alicyclic amines) is 1. The summed E-state index contributed by atoms with van der Waals surface area (Å²) in [5, 5.41) is 7.94. The van der Waals surface area contributed by atoms with Crippen LogP contribution in [0.15, 0.2) is 60.9 Å². The largest absolute Gasteiger partial charge is 0.399 e. The third-order valence-electron chi connectivity index (χ3n) is 6.10. The molecule has 0 spiro atoms. The number of hydrogen-bond donors (Lipinski definition) is 4. The molecule has 1 saturated heterocycles. The van der Waals surface area contributed by atoms with E-state index in [1.54, 1.807) is 18.3 Å². The predicted molar refractivity (Wildman–Crippen MR) is 137 cm³/mol. The van der Waals surface area contributed by atoms with Crippen molar-refractivity contribution in [1.29, 1.82) is 0 Å². The zero-order valence-electron chi connectivity index (χ0n) is 18.8. The van der Waals surface area contributed by atoms with Crippen LogP contribution in [0, 0.1) is 5.92 Å². The first-order valence-corrected chi connectivity index (χ1v) is 11.5. The van der Waals surface area contributed by atoms with Crippen molar-refractivity contribution in [3.05, 3.63) is 65.9 Å². The number of halogens is 1. The maximum atomic E-state index is 12.9. The number of nitrogens with one attached hydrogen (secondary N) is 3. The number of H-pyrrole nitrogens is 1. The maximum absolute atomic E-state index is 12.9. The van der Waals surface area contributed by atoms with Crippen LogP contribution in [-0.2, 0) is 4.79 Å². The first-order chi connectivity index (χ1) is 16.5. The molecule has 1 fully saturated rings. The molecule has 0 bridgehead atoms. The van der Waals surface area contributed by atoms with E-state index in [2.05, 4.69) is 25.5 Å². The number of fused-ring (bicyclic) bond motifs is 1. The zero-order chi connectivity index (χ0) is 23.7. The van der Waals surface area contributed by atoms with Crippen molar-refractivity contribution in [3.8, 4) is 11.3 Å². The Kier molecular flexibility index (Phi) is 6.08. The van der Waals surface area contributed by atoms with Crippen LogP contribution in [0.4, 0.5) is 17.3 Å². The van der Waals surface area contributed by atoms with Crippen LogP contribution in [0.5, 0.6) is 0 Å². The van der Waals surface area contributed by atoms with E-state index in [-0.39, 0.29) is 17.9 Å². The van der Waals surface area contributed by atoms with Crippen LogP contribution in [0.1, 0.15) is 6.42 Å². The van der Waals surface area contributed by atoms with E-state index >= 15 is 0 Å². The van der Waals surface area contributed by atoms with Crippen molar-refractivity contribution in [2.45, 2.75) is 12.5 Å². The van der Waals surface area contributed by atoms with Crippen LogP contribution in [-0.4, -0.2) is 51.9 Å². The zero-order valence-corrected chi connectivity index (χ0v) is 19.5. The van der Waals surface area contributed by atoms with Gasteiger partial charge in [0.2, 0.25) is 11.9 Å². The van der Waals surface area contributed by atoms with Crippen LogP contribution in [0.25, 0.3) is 22.2 Å². The van der Waals surface area contributed by atoms with Gasteiger partial charge in [-0.05, 0) is 43.8 Å². The number of rotatable bonds is 5. The van der Waals surface area contributed by atoms with Gasteiger partial charge in [0.05, 0.1) is 22.8 Å². The molecule has 2 aromatic carbocycles. The van der Waals surface area contributed by atoms with Gasteiger partial charge in [0.25, 0.3) is 0 Å². The van der Waals surface area contributed by atoms with Gasteiger partial charge in [-0.15, -0.1) is 0 Å². The third-order valence-corrected chi connectivity index (χ3v) is 6.38. The minimum Gasteiger partial charge on any atom is -0.399 e. The number of nitrogens with two attached hydrogens (primary N) is 1. The van der Waals surface area contributed by atoms with E-state index in [1.165, 1.54) is 0 Å². The molecule has 9 heteroatoms. The molecule has 0 saturated carbocycles. The summed E-state index contributed by atoms with van der Waals surface area (Å²) < 4.78 is 0. The second-order valence-electron chi connectivity index (χ2n) is 8.74. The van der Waals surface area contributed by atoms with Crippen molar-refractivity contribution in [3.63, 3.8) is 0 Å². The average Bonchev–Trinajstić information content (AvgIpc) is 3.25. The van der Waals surface area contributed by atoms with Gasteiger partial charge < -0.3 is 26.3 Å². The van der Waals surface area contributed by atoms with E-state index < -0.39 is 0 Å². The van der Waals surface area contributed by atoms with Crippen LogP contribution < -0.4 is 16.4 Å². The minimum atomic E-state index is -0.172. The Morgan fingerprint density at radius 1 is 1.18 bits per heavy atom. The normalized spacial score (nSPS) is 18.6. The van der Waals surface area contributed by atoms with Gasteiger partial charge in [-0.3, -0.25) is 4.79 Å². The van der Waals surface area contributed by atoms with Crippen molar-refractivity contribution in [2.24, 2.45) is 5.92 Å². The molecule has 2 atom stereocenters. The molecule has 4 aromatic rings. The molecule has 5 rings (SSSR count). The van der Waals surface area contributed by atoms with E-state index in [1.807, 2.05) is 49.6 Å². The number of carbonyl (C=O) groups excluding carboxylic acids is 1. The van der Waals surface area contributed by atoms with Crippen LogP contribution in [0.3, 0.4) is 0 Å². The monoisotopic (exact) mass is 475 g/mol. The Morgan fingerprint density at radius 2 is 1.97 bits per heavy atom. The maximum Gasteiger partial charge on any atom is 0.228 e. The highest BCUT2D eigenvalue weighted by molar-refractivity contribution is 6.33. The second kappa shape index (κ2) is 9.32. The average molecular weight is 476 g/mol. The summed E-state index contributed by atoms with van der Waals surface area (Å²) in [6, 6.07) is 15.2. The molecule has 1 aliphatic heterocycles. The van der Waals surface area contributed by atoms with Crippen LogP contribution >= 0.6 is 11.6 Å². The lowest BCUT2D eigenvalue weighted by molar-refractivity contribution is -0.121. The number of likely N-dealkylation sites (N-methyl/N-ethyl adjacent to an activating group) is 1. The number of para-hydroxylation sites is 1. The third kappa shape index (κ3) is 4.69. The number of carbonyl (C=O) groups is 1. The fourth-order valence-corrected chi connectivity index (χ4v) is 4.69. The van der Waals surface area contributed by atoms with Crippen molar-refractivity contribution in [1.82, 2.24) is 19.9 Å². The standard InChI is InChI=1S/C25H26ClN7O/c1-33-13-15(24(34)30-17-8-6-16(27)7-9-17)10-18(14-33)31-25-29-12-21(26)23(32-25)20-11-28-22-5-3-2-4-19(20)22/h2-9,11-12,15,18,28H,10,13-14,27H2,1H3,(H,30,34)(H,29,31,32)/t15-,18-/m1/s1. The van der Waals surface area contributed by atoms with Crippen molar-refractivity contribution in [2.75, 3.05) is 36.5 Å². The molecule has 0 unspecified atom stereocenters.